The average Bonchev–Trinajstić information content (AvgIpc) is 3.37. The molecule has 0 atom stereocenters. The smallest absolute Gasteiger partial charge is 0.363 e. The quantitative estimate of drug-likeness (QED) is 0.332. The van der Waals surface area contributed by atoms with Crippen LogP contribution in [-0.2, 0) is 16.1 Å². The zero-order valence-electron chi connectivity index (χ0n) is 15.7. The lowest BCUT2D eigenvalue weighted by molar-refractivity contribution is -0.130. The molecule has 1 aromatic heterocycles. The maximum absolute atomic E-state index is 12.2. The molecule has 3 aromatic rings. The van der Waals surface area contributed by atoms with Gasteiger partial charge in [0.15, 0.2) is 23.0 Å². The van der Waals surface area contributed by atoms with Crippen molar-refractivity contribution in [3.63, 3.8) is 0 Å². The van der Waals surface area contributed by atoms with Gasteiger partial charge in [0.2, 0.25) is 0 Å². The van der Waals surface area contributed by atoms with Crippen LogP contribution >= 0.6 is 27.5 Å². The molecule has 0 aliphatic carbocycles. The fraction of sp³-hybridized carbons (Fsp3) is 0.0909. The Hall–Kier alpha value is -3.03. The SMILES string of the molecule is COc1cc(/C=C2\N=C(c3ccco3)OC2=O)cc(Br)c1OCc1cccc(Cl)c1. The van der Waals surface area contributed by atoms with Crippen LogP contribution in [0.1, 0.15) is 16.9 Å². The van der Waals surface area contributed by atoms with Crippen molar-refractivity contribution in [1.29, 1.82) is 0 Å². The number of rotatable bonds is 6. The first kappa shape index (κ1) is 20.3. The topological polar surface area (TPSA) is 70.3 Å². The predicted molar refractivity (Wildman–Crippen MR) is 116 cm³/mol. The van der Waals surface area contributed by atoms with Crippen molar-refractivity contribution in [2.75, 3.05) is 7.11 Å². The largest absolute Gasteiger partial charge is 0.493 e. The van der Waals surface area contributed by atoms with Crippen molar-refractivity contribution in [3.05, 3.63) is 86.9 Å². The number of nitrogens with zero attached hydrogens (tertiary/aromatic N) is 1. The number of furan rings is 1. The lowest BCUT2D eigenvalue weighted by atomic mass is 10.1. The molecule has 2 aromatic carbocycles. The molecule has 2 heterocycles. The van der Waals surface area contributed by atoms with Crippen molar-refractivity contribution in [1.82, 2.24) is 0 Å². The van der Waals surface area contributed by atoms with E-state index in [9.17, 15) is 4.79 Å². The number of hydrogen-bond donors (Lipinski definition) is 0. The van der Waals surface area contributed by atoms with Crippen LogP contribution in [0.25, 0.3) is 6.08 Å². The second-order valence-corrected chi connectivity index (χ2v) is 7.56. The molecule has 0 saturated heterocycles. The van der Waals surface area contributed by atoms with E-state index in [2.05, 4.69) is 20.9 Å². The van der Waals surface area contributed by atoms with Crippen LogP contribution in [0.5, 0.6) is 11.5 Å². The molecule has 6 nitrogen and oxygen atoms in total. The Morgan fingerprint density at radius 2 is 2.07 bits per heavy atom. The third-order valence-electron chi connectivity index (χ3n) is 4.18. The summed E-state index contributed by atoms with van der Waals surface area (Å²) in [5.74, 6) is 0.991. The first-order chi connectivity index (χ1) is 14.5. The monoisotopic (exact) mass is 487 g/mol. The molecule has 0 spiro atoms. The Balaban J connectivity index is 1.59. The molecule has 30 heavy (non-hydrogen) atoms. The molecule has 1 aliphatic rings. The summed E-state index contributed by atoms with van der Waals surface area (Å²) in [4.78, 5) is 16.4. The third kappa shape index (κ3) is 4.42. The minimum absolute atomic E-state index is 0.128. The first-order valence-corrected chi connectivity index (χ1v) is 10.0. The number of carbonyl (C=O) groups excluding carboxylic acids is 1. The van der Waals surface area contributed by atoms with Crippen LogP contribution in [0.15, 0.2) is 74.4 Å². The van der Waals surface area contributed by atoms with E-state index in [1.807, 2.05) is 18.2 Å². The van der Waals surface area contributed by atoms with Crippen molar-refractivity contribution >= 4 is 45.5 Å². The van der Waals surface area contributed by atoms with E-state index in [4.69, 9.17) is 30.2 Å². The van der Waals surface area contributed by atoms with E-state index in [0.29, 0.717) is 38.9 Å². The fourth-order valence-electron chi connectivity index (χ4n) is 2.82. The third-order valence-corrected chi connectivity index (χ3v) is 5.00. The summed E-state index contributed by atoms with van der Waals surface area (Å²) in [6.07, 6.45) is 3.09. The zero-order chi connectivity index (χ0) is 21.1. The Bertz CT molecular complexity index is 1150. The molecule has 8 heteroatoms. The molecule has 0 N–H and O–H groups in total. The van der Waals surface area contributed by atoms with E-state index in [-0.39, 0.29) is 11.6 Å². The number of benzene rings is 2. The van der Waals surface area contributed by atoms with Crippen LogP contribution in [-0.4, -0.2) is 19.0 Å². The van der Waals surface area contributed by atoms with Gasteiger partial charge in [-0.25, -0.2) is 9.79 Å². The van der Waals surface area contributed by atoms with Crippen LogP contribution in [0, 0.1) is 0 Å². The van der Waals surface area contributed by atoms with Crippen molar-refractivity contribution in [2.24, 2.45) is 4.99 Å². The summed E-state index contributed by atoms with van der Waals surface area (Å²) in [6.45, 7) is 0.319. The van der Waals surface area contributed by atoms with Gasteiger partial charge < -0.3 is 18.6 Å². The van der Waals surface area contributed by atoms with Crippen LogP contribution < -0.4 is 9.47 Å². The van der Waals surface area contributed by atoms with Gasteiger partial charge in [-0.05, 0) is 69.5 Å². The van der Waals surface area contributed by atoms with Gasteiger partial charge >= 0.3 is 5.97 Å². The molecule has 0 radical (unpaired) electrons. The standard InChI is InChI=1S/C22H15BrClNO5/c1-27-19-11-14(10-17-22(26)30-21(25-17)18-6-3-7-28-18)9-16(23)20(19)29-12-13-4-2-5-15(24)8-13/h2-11H,12H2,1H3/b17-10-. The highest BCUT2D eigenvalue weighted by atomic mass is 79.9. The van der Waals surface area contributed by atoms with Crippen LogP contribution in [0.3, 0.4) is 0 Å². The van der Waals surface area contributed by atoms with Gasteiger partial charge in [-0.2, -0.15) is 0 Å². The van der Waals surface area contributed by atoms with E-state index in [1.165, 1.54) is 6.26 Å². The van der Waals surface area contributed by atoms with Crippen LogP contribution in [0.4, 0.5) is 0 Å². The van der Waals surface area contributed by atoms with E-state index in [1.54, 1.807) is 43.5 Å². The summed E-state index contributed by atoms with van der Waals surface area (Å²) in [5, 5.41) is 0.641. The number of hydrogen-bond acceptors (Lipinski definition) is 6. The maximum Gasteiger partial charge on any atom is 0.363 e. The lowest BCUT2D eigenvalue weighted by Crippen LogP contribution is -2.04. The normalized spacial score (nSPS) is 14.6. The van der Waals surface area contributed by atoms with Gasteiger partial charge in [0.1, 0.15) is 6.61 Å². The molecular weight excluding hydrogens is 474 g/mol. The maximum atomic E-state index is 12.2. The number of cyclic esters (lactones) is 1. The summed E-state index contributed by atoms with van der Waals surface area (Å²) in [5.41, 5.74) is 1.77. The summed E-state index contributed by atoms with van der Waals surface area (Å²) < 4.78 is 22.5. The Labute approximate surface area is 185 Å². The average molecular weight is 489 g/mol. The highest BCUT2D eigenvalue weighted by molar-refractivity contribution is 9.10. The van der Waals surface area contributed by atoms with Crippen molar-refractivity contribution < 1.29 is 23.4 Å². The number of methoxy groups -OCH3 is 1. The Morgan fingerprint density at radius 3 is 2.80 bits per heavy atom. The van der Waals surface area contributed by atoms with Gasteiger partial charge in [0.25, 0.3) is 5.90 Å². The molecule has 0 saturated carbocycles. The number of carbonyl (C=O) groups is 1. The first-order valence-electron chi connectivity index (χ1n) is 8.84. The molecule has 0 bridgehead atoms. The Kier molecular flexibility index (Phi) is 5.92. The number of halogens is 2. The molecule has 1 aliphatic heterocycles. The van der Waals surface area contributed by atoms with Crippen molar-refractivity contribution in [3.8, 4) is 11.5 Å². The molecule has 152 valence electrons. The minimum Gasteiger partial charge on any atom is -0.493 e. The minimum atomic E-state index is -0.558. The van der Waals surface area contributed by atoms with Crippen LogP contribution in [0.2, 0.25) is 5.02 Å². The molecule has 4 rings (SSSR count). The summed E-state index contributed by atoms with van der Waals surface area (Å²) in [7, 11) is 1.54. The number of esters is 1. The molecule has 0 amide bonds. The van der Waals surface area contributed by atoms with E-state index in [0.717, 1.165) is 5.56 Å². The molecule has 0 unspecified atom stereocenters. The highest BCUT2D eigenvalue weighted by Crippen LogP contribution is 2.38. The second-order valence-electron chi connectivity index (χ2n) is 6.27. The van der Waals surface area contributed by atoms with E-state index >= 15 is 0 Å². The fourth-order valence-corrected chi connectivity index (χ4v) is 3.61. The van der Waals surface area contributed by atoms with Gasteiger partial charge in [0, 0.05) is 5.02 Å². The van der Waals surface area contributed by atoms with Gasteiger partial charge in [-0.15, -0.1) is 0 Å². The summed E-state index contributed by atoms with van der Waals surface area (Å²) in [6, 6.07) is 14.3. The van der Waals surface area contributed by atoms with Gasteiger partial charge in [0.05, 0.1) is 17.8 Å². The second kappa shape index (κ2) is 8.77. The zero-order valence-corrected chi connectivity index (χ0v) is 18.1. The van der Waals surface area contributed by atoms with Gasteiger partial charge in [-0.1, -0.05) is 23.7 Å². The predicted octanol–water partition coefficient (Wildman–Crippen LogP) is 5.63. The highest BCUT2D eigenvalue weighted by Gasteiger charge is 2.26. The van der Waals surface area contributed by atoms with E-state index < -0.39 is 5.97 Å². The van der Waals surface area contributed by atoms with Gasteiger partial charge in [-0.3, -0.25) is 0 Å². The van der Waals surface area contributed by atoms with Crippen molar-refractivity contribution in [2.45, 2.75) is 6.61 Å². The lowest BCUT2D eigenvalue weighted by Gasteiger charge is -2.14. The molecular formula is C22H15BrClNO5. The Morgan fingerprint density at radius 1 is 1.20 bits per heavy atom. The molecule has 0 fully saturated rings. The summed E-state index contributed by atoms with van der Waals surface area (Å²) >= 11 is 9.53. The number of aliphatic imine (C=N–C) groups is 1. The number of ether oxygens (including phenoxy) is 3.